The van der Waals surface area contributed by atoms with Crippen LogP contribution in [-0.2, 0) is 4.74 Å². The molecule has 1 heterocycles. The maximum Gasteiger partial charge on any atom is 0.0589 e. The topological polar surface area (TPSA) is 24.5 Å². The predicted octanol–water partition coefficient (Wildman–Crippen LogP) is 1.10. The minimum atomic E-state index is 0.694. The Hall–Kier alpha value is -0.120. The lowest BCUT2D eigenvalue weighted by atomic mass is 10.1. The fourth-order valence-electron chi connectivity index (χ4n) is 2.04. The van der Waals surface area contributed by atoms with E-state index in [0.29, 0.717) is 6.04 Å². The zero-order valence-electron chi connectivity index (χ0n) is 9.59. The van der Waals surface area contributed by atoms with Gasteiger partial charge in [0, 0.05) is 26.2 Å². The molecule has 0 aliphatic carbocycles. The van der Waals surface area contributed by atoms with E-state index in [1.807, 2.05) is 0 Å². The number of rotatable bonds is 5. The van der Waals surface area contributed by atoms with E-state index in [-0.39, 0.29) is 0 Å². The van der Waals surface area contributed by atoms with Gasteiger partial charge in [-0.1, -0.05) is 13.3 Å². The molecular formula is C11H24N2O. The first kappa shape index (κ1) is 12.0. The number of ether oxygens (including phenoxy) is 1. The van der Waals surface area contributed by atoms with Crippen molar-refractivity contribution in [1.29, 1.82) is 0 Å². The number of hydrogen-bond donors (Lipinski definition) is 1. The predicted molar refractivity (Wildman–Crippen MR) is 59.6 cm³/mol. The molecule has 0 spiro atoms. The smallest absolute Gasteiger partial charge is 0.0589 e. The van der Waals surface area contributed by atoms with Crippen molar-refractivity contribution in [3.8, 4) is 0 Å². The SMILES string of the molecule is CCCC1CN(CCOC)CCCN1. The Balaban J connectivity index is 2.27. The van der Waals surface area contributed by atoms with Gasteiger partial charge in [-0.15, -0.1) is 0 Å². The first-order chi connectivity index (χ1) is 6.86. The van der Waals surface area contributed by atoms with Crippen LogP contribution in [0, 0.1) is 0 Å². The summed E-state index contributed by atoms with van der Waals surface area (Å²) in [7, 11) is 1.78. The third-order valence-corrected chi connectivity index (χ3v) is 2.81. The van der Waals surface area contributed by atoms with Gasteiger partial charge in [-0.3, -0.25) is 4.90 Å². The van der Waals surface area contributed by atoms with Gasteiger partial charge in [0.25, 0.3) is 0 Å². The first-order valence-electron chi connectivity index (χ1n) is 5.81. The molecule has 0 amide bonds. The van der Waals surface area contributed by atoms with Crippen molar-refractivity contribution < 1.29 is 4.74 Å². The quantitative estimate of drug-likeness (QED) is 0.719. The molecule has 1 unspecified atom stereocenters. The molecule has 1 aliphatic rings. The number of nitrogens with zero attached hydrogens (tertiary/aromatic N) is 1. The largest absolute Gasteiger partial charge is 0.383 e. The molecule has 3 nitrogen and oxygen atoms in total. The van der Waals surface area contributed by atoms with Crippen LogP contribution in [0.5, 0.6) is 0 Å². The summed E-state index contributed by atoms with van der Waals surface area (Å²) in [6.45, 7) is 7.78. The Morgan fingerprint density at radius 3 is 3.07 bits per heavy atom. The molecule has 0 saturated carbocycles. The van der Waals surface area contributed by atoms with E-state index >= 15 is 0 Å². The molecule has 1 atom stereocenters. The van der Waals surface area contributed by atoms with Gasteiger partial charge in [0.05, 0.1) is 6.61 Å². The van der Waals surface area contributed by atoms with Crippen LogP contribution in [0.3, 0.4) is 0 Å². The maximum atomic E-state index is 5.12. The minimum Gasteiger partial charge on any atom is -0.383 e. The molecule has 0 aromatic heterocycles. The summed E-state index contributed by atoms with van der Waals surface area (Å²) in [4.78, 5) is 2.52. The second-order valence-corrected chi connectivity index (χ2v) is 4.09. The number of methoxy groups -OCH3 is 1. The third-order valence-electron chi connectivity index (χ3n) is 2.81. The van der Waals surface area contributed by atoms with E-state index in [1.54, 1.807) is 7.11 Å². The highest BCUT2D eigenvalue weighted by atomic mass is 16.5. The van der Waals surface area contributed by atoms with E-state index in [2.05, 4.69) is 17.1 Å². The second kappa shape index (κ2) is 7.21. The summed E-state index contributed by atoms with van der Waals surface area (Å²) in [6.07, 6.45) is 3.84. The highest BCUT2D eigenvalue weighted by molar-refractivity contribution is 4.75. The maximum absolute atomic E-state index is 5.12. The summed E-state index contributed by atoms with van der Waals surface area (Å²) in [5, 5.41) is 3.61. The second-order valence-electron chi connectivity index (χ2n) is 4.09. The Bertz CT molecular complexity index is 141. The van der Waals surface area contributed by atoms with E-state index in [0.717, 1.165) is 13.2 Å². The van der Waals surface area contributed by atoms with Crippen molar-refractivity contribution >= 4 is 0 Å². The Morgan fingerprint density at radius 1 is 1.50 bits per heavy atom. The molecule has 0 radical (unpaired) electrons. The van der Waals surface area contributed by atoms with Crippen LogP contribution in [0.15, 0.2) is 0 Å². The molecule has 0 bridgehead atoms. The lowest BCUT2D eigenvalue weighted by molar-refractivity contribution is 0.146. The lowest BCUT2D eigenvalue weighted by Crippen LogP contribution is -2.38. The highest BCUT2D eigenvalue weighted by Crippen LogP contribution is 2.05. The van der Waals surface area contributed by atoms with E-state index < -0.39 is 0 Å². The van der Waals surface area contributed by atoms with Gasteiger partial charge in [-0.2, -0.15) is 0 Å². The molecule has 1 saturated heterocycles. The van der Waals surface area contributed by atoms with Crippen LogP contribution in [0.25, 0.3) is 0 Å². The average Bonchev–Trinajstić information content (AvgIpc) is 2.41. The van der Waals surface area contributed by atoms with Gasteiger partial charge >= 0.3 is 0 Å². The van der Waals surface area contributed by atoms with Gasteiger partial charge in [0.2, 0.25) is 0 Å². The van der Waals surface area contributed by atoms with E-state index in [4.69, 9.17) is 4.74 Å². The molecule has 1 rings (SSSR count). The highest BCUT2D eigenvalue weighted by Gasteiger charge is 2.15. The summed E-state index contributed by atoms with van der Waals surface area (Å²) in [5.41, 5.74) is 0. The fraction of sp³-hybridized carbons (Fsp3) is 1.00. The first-order valence-corrected chi connectivity index (χ1v) is 5.81. The zero-order chi connectivity index (χ0) is 10.2. The number of nitrogens with one attached hydrogen (secondary N) is 1. The van der Waals surface area contributed by atoms with Crippen LogP contribution >= 0.6 is 0 Å². The zero-order valence-corrected chi connectivity index (χ0v) is 9.59. The molecule has 84 valence electrons. The van der Waals surface area contributed by atoms with Crippen molar-refractivity contribution in [3.63, 3.8) is 0 Å². The lowest BCUT2D eigenvalue weighted by Gasteiger charge is -2.23. The van der Waals surface area contributed by atoms with Crippen molar-refractivity contribution in [2.75, 3.05) is 39.9 Å². The monoisotopic (exact) mass is 200 g/mol. The fourth-order valence-corrected chi connectivity index (χ4v) is 2.04. The van der Waals surface area contributed by atoms with Gasteiger partial charge in [0.1, 0.15) is 0 Å². The molecular weight excluding hydrogens is 176 g/mol. The molecule has 14 heavy (non-hydrogen) atoms. The van der Waals surface area contributed by atoms with Crippen molar-refractivity contribution in [3.05, 3.63) is 0 Å². The van der Waals surface area contributed by atoms with Gasteiger partial charge < -0.3 is 10.1 Å². The minimum absolute atomic E-state index is 0.694. The normalized spacial score (nSPS) is 24.9. The van der Waals surface area contributed by atoms with Crippen LogP contribution in [-0.4, -0.2) is 50.8 Å². The Morgan fingerprint density at radius 2 is 2.36 bits per heavy atom. The van der Waals surface area contributed by atoms with Crippen LogP contribution in [0.2, 0.25) is 0 Å². The van der Waals surface area contributed by atoms with Crippen molar-refractivity contribution in [1.82, 2.24) is 10.2 Å². The van der Waals surface area contributed by atoms with Crippen LogP contribution < -0.4 is 5.32 Å². The summed E-state index contributed by atoms with van der Waals surface area (Å²) in [6, 6.07) is 0.694. The molecule has 0 aromatic rings. The molecule has 1 N–H and O–H groups in total. The van der Waals surface area contributed by atoms with Crippen LogP contribution in [0.4, 0.5) is 0 Å². The summed E-state index contributed by atoms with van der Waals surface area (Å²) in [5.74, 6) is 0. The summed E-state index contributed by atoms with van der Waals surface area (Å²) >= 11 is 0. The van der Waals surface area contributed by atoms with E-state index in [1.165, 1.54) is 38.9 Å². The molecule has 1 fully saturated rings. The molecule has 3 heteroatoms. The van der Waals surface area contributed by atoms with Crippen LogP contribution in [0.1, 0.15) is 26.2 Å². The third kappa shape index (κ3) is 4.40. The van der Waals surface area contributed by atoms with Gasteiger partial charge in [-0.05, 0) is 25.9 Å². The van der Waals surface area contributed by atoms with Gasteiger partial charge in [-0.25, -0.2) is 0 Å². The standard InChI is InChI=1S/C11H24N2O/c1-3-5-11-10-13(8-9-14-2)7-4-6-12-11/h11-12H,3-10H2,1-2H3. The Kier molecular flexibility index (Phi) is 6.15. The Labute approximate surface area is 87.8 Å². The average molecular weight is 200 g/mol. The van der Waals surface area contributed by atoms with Crippen molar-refractivity contribution in [2.24, 2.45) is 0 Å². The van der Waals surface area contributed by atoms with Gasteiger partial charge in [0.15, 0.2) is 0 Å². The van der Waals surface area contributed by atoms with E-state index in [9.17, 15) is 0 Å². The molecule has 0 aromatic carbocycles. The summed E-state index contributed by atoms with van der Waals surface area (Å²) < 4.78 is 5.12. The molecule has 1 aliphatic heterocycles. The number of hydrogen-bond acceptors (Lipinski definition) is 3. The van der Waals surface area contributed by atoms with Crippen molar-refractivity contribution in [2.45, 2.75) is 32.2 Å².